The van der Waals surface area contributed by atoms with Crippen LogP contribution in [0.2, 0.25) is 0 Å². The number of unbranched alkanes of at least 4 members (excludes halogenated alkanes) is 2. The van der Waals surface area contributed by atoms with Gasteiger partial charge in [0.1, 0.15) is 5.82 Å². The molecule has 0 spiro atoms. The van der Waals surface area contributed by atoms with Crippen molar-refractivity contribution >= 4 is 0 Å². The number of hydrogen-bond donors (Lipinski definition) is 0. The molecule has 0 N–H and O–H groups in total. The average Bonchev–Trinajstić information content (AvgIpc) is 2.50. The van der Waals surface area contributed by atoms with E-state index in [9.17, 15) is 4.39 Å². The van der Waals surface area contributed by atoms with E-state index in [0.717, 1.165) is 24.2 Å². The number of hydrogen-bond acceptors (Lipinski definition) is 0. The molecule has 1 unspecified atom stereocenters. The highest BCUT2D eigenvalue weighted by molar-refractivity contribution is 5.16. The molecule has 0 amide bonds. The Hall–Kier alpha value is -0.850. The first kappa shape index (κ1) is 16.5. The van der Waals surface area contributed by atoms with Gasteiger partial charge in [-0.25, -0.2) is 4.39 Å². The third-order valence-corrected chi connectivity index (χ3v) is 5.38. The van der Waals surface area contributed by atoms with Crippen molar-refractivity contribution in [3.63, 3.8) is 0 Å². The van der Waals surface area contributed by atoms with Gasteiger partial charge in [-0.1, -0.05) is 64.5 Å². The molecule has 1 heteroatoms. The molecule has 0 heterocycles. The highest BCUT2D eigenvalue weighted by Crippen LogP contribution is 2.36. The molecule has 21 heavy (non-hydrogen) atoms. The minimum Gasteiger partial charge on any atom is -0.207 e. The zero-order valence-corrected chi connectivity index (χ0v) is 13.8. The van der Waals surface area contributed by atoms with Gasteiger partial charge in [0.05, 0.1) is 0 Å². The van der Waals surface area contributed by atoms with E-state index in [1.54, 1.807) is 12.1 Å². The van der Waals surface area contributed by atoms with Crippen molar-refractivity contribution < 1.29 is 4.39 Å². The van der Waals surface area contributed by atoms with Crippen LogP contribution in [0.4, 0.5) is 4.39 Å². The lowest BCUT2D eigenvalue weighted by Gasteiger charge is -2.32. The van der Waals surface area contributed by atoms with E-state index in [4.69, 9.17) is 0 Å². The summed E-state index contributed by atoms with van der Waals surface area (Å²) >= 11 is 0. The highest BCUT2D eigenvalue weighted by atomic mass is 19.1. The van der Waals surface area contributed by atoms with Crippen LogP contribution in [0, 0.1) is 23.6 Å². The molecule has 0 bridgehead atoms. The van der Waals surface area contributed by atoms with Gasteiger partial charge in [-0.05, 0) is 54.7 Å². The summed E-state index contributed by atoms with van der Waals surface area (Å²) in [6.45, 7) is 4.67. The van der Waals surface area contributed by atoms with Crippen LogP contribution in [0.1, 0.15) is 70.8 Å². The van der Waals surface area contributed by atoms with Crippen molar-refractivity contribution in [1.82, 2.24) is 0 Å². The average molecular weight is 290 g/mol. The van der Waals surface area contributed by atoms with Gasteiger partial charge in [0, 0.05) is 0 Å². The molecule has 1 atom stereocenters. The van der Waals surface area contributed by atoms with Crippen LogP contribution < -0.4 is 0 Å². The number of halogens is 1. The Kier molecular flexibility index (Phi) is 6.73. The Morgan fingerprint density at radius 2 is 1.71 bits per heavy atom. The predicted octanol–water partition coefficient (Wildman–Crippen LogP) is 6.39. The summed E-state index contributed by atoms with van der Waals surface area (Å²) < 4.78 is 12.9. The zero-order chi connectivity index (χ0) is 15.1. The Balaban J connectivity index is 1.72. The molecule has 118 valence electrons. The van der Waals surface area contributed by atoms with Crippen molar-refractivity contribution in [2.75, 3.05) is 0 Å². The molecule has 1 aliphatic carbocycles. The third-order valence-electron chi connectivity index (χ3n) is 5.38. The number of rotatable bonds is 7. The van der Waals surface area contributed by atoms with E-state index in [1.165, 1.54) is 56.9 Å². The Bertz CT molecular complexity index is 387. The summed E-state index contributed by atoms with van der Waals surface area (Å²) in [5.41, 5.74) is 1.29. The van der Waals surface area contributed by atoms with Crippen LogP contribution in [-0.2, 0) is 6.42 Å². The molecule has 1 aromatic rings. The molecule has 1 aliphatic rings. The van der Waals surface area contributed by atoms with Crippen molar-refractivity contribution in [2.24, 2.45) is 17.8 Å². The molecule has 2 rings (SSSR count). The van der Waals surface area contributed by atoms with Crippen molar-refractivity contribution in [3.8, 4) is 0 Å². The first-order valence-electron chi connectivity index (χ1n) is 8.93. The van der Waals surface area contributed by atoms with E-state index in [2.05, 4.69) is 13.8 Å². The molecule has 1 fully saturated rings. The topological polar surface area (TPSA) is 0 Å². The summed E-state index contributed by atoms with van der Waals surface area (Å²) in [5.74, 6) is 2.47. The van der Waals surface area contributed by atoms with Crippen LogP contribution in [0.5, 0.6) is 0 Å². The lowest BCUT2D eigenvalue weighted by molar-refractivity contribution is 0.204. The minimum atomic E-state index is -0.126. The van der Waals surface area contributed by atoms with E-state index in [0.29, 0.717) is 0 Å². The normalized spacial score (nSPS) is 24.0. The largest absolute Gasteiger partial charge is 0.207 e. The van der Waals surface area contributed by atoms with Gasteiger partial charge in [0.25, 0.3) is 0 Å². The standard InChI is InChI=1S/C20H31F/c1-3-4-5-6-17-7-11-19(12-8-17)16(2)15-18-9-13-20(21)14-10-18/h9-10,13-14,16-17,19H,3-8,11-12,15H2,1-2H3. The lowest BCUT2D eigenvalue weighted by atomic mass is 9.73. The summed E-state index contributed by atoms with van der Waals surface area (Å²) in [6.07, 6.45) is 12.4. The second-order valence-corrected chi connectivity index (χ2v) is 7.08. The second-order valence-electron chi connectivity index (χ2n) is 7.08. The molecule has 0 saturated heterocycles. The van der Waals surface area contributed by atoms with Gasteiger partial charge in [-0.3, -0.25) is 0 Å². The van der Waals surface area contributed by atoms with Crippen LogP contribution in [0.15, 0.2) is 24.3 Å². The SMILES string of the molecule is CCCCCC1CCC(C(C)Cc2ccc(F)cc2)CC1. The Morgan fingerprint density at radius 1 is 1.05 bits per heavy atom. The lowest BCUT2D eigenvalue weighted by Crippen LogP contribution is -2.21. The van der Waals surface area contributed by atoms with Crippen LogP contribution in [0.3, 0.4) is 0 Å². The van der Waals surface area contributed by atoms with Crippen LogP contribution in [0.25, 0.3) is 0 Å². The van der Waals surface area contributed by atoms with Crippen LogP contribution in [-0.4, -0.2) is 0 Å². The molecule has 0 nitrogen and oxygen atoms in total. The Labute approximate surface area is 130 Å². The highest BCUT2D eigenvalue weighted by Gasteiger charge is 2.24. The molecular weight excluding hydrogens is 259 g/mol. The summed E-state index contributed by atoms with van der Waals surface area (Å²) in [6, 6.07) is 7.07. The molecular formula is C20H31F. The first-order valence-corrected chi connectivity index (χ1v) is 8.93. The zero-order valence-electron chi connectivity index (χ0n) is 13.8. The molecule has 1 saturated carbocycles. The van der Waals surface area contributed by atoms with Crippen molar-refractivity contribution in [1.29, 1.82) is 0 Å². The third kappa shape index (κ3) is 5.45. The van der Waals surface area contributed by atoms with Gasteiger partial charge >= 0.3 is 0 Å². The molecule has 0 aliphatic heterocycles. The minimum absolute atomic E-state index is 0.126. The van der Waals surface area contributed by atoms with Gasteiger partial charge in [-0.2, -0.15) is 0 Å². The maximum absolute atomic E-state index is 12.9. The van der Waals surface area contributed by atoms with Gasteiger partial charge in [0.2, 0.25) is 0 Å². The second kappa shape index (κ2) is 8.56. The fourth-order valence-electron chi connectivity index (χ4n) is 3.89. The van der Waals surface area contributed by atoms with Crippen molar-refractivity contribution in [3.05, 3.63) is 35.6 Å². The van der Waals surface area contributed by atoms with E-state index in [1.807, 2.05) is 12.1 Å². The monoisotopic (exact) mass is 290 g/mol. The quantitative estimate of drug-likeness (QED) is 0.510. The number of benzene rings is 1. The summed E-state index contributed by atoms with van der Waals surface area (Å²) in [5, 5.41) is 0. The van der Waals surface area contributed by atoms with Crippen LogP contribution >= 0.6 is 0 Å². The maximum Gasteiger partial charge on any atom is 0.123 e. The molecule has 0 radical (unpaired) electrons. The van der Waals surface area contributed by atoms with E-state index < -0.39 is 0 Å². The maximum atomic E-state index is 12.9. The smallest absolute Gasteiger partial charge is 0.123 e. The molecule has 0 aromatic heterocycles. The van der Waals surface area contributed by atoms with Crippen molar-refractivity contribution in [2.45, 2.75) is 71.6 Å². The van der Waals surface area contributed by atoms with Gasteiger partial charge < -0.3 is 0 Å². The fraction of sp³-hybridized carbons (Fsp3) is 0.700. The summed E-state index contributed by atoms with van der Waals surface area (Å²) in [7, 11) is 0. The fourth-order valence-corrected chi connectivity index (χ4v) is 3.89. The molecule has 1 aromatic carbocycles. The van der Waals surface area contributed by atoms with E-state index in [-0.39, 0.29) is 5.82 Å². The van der Waals surface area contributed by atoms with Gasteiger partial charge in [-0.15, -0.1) is 0 Å². The first-order chi connectivity index (χ1) is 10.2. The Morgan fingerprint density at radius 3 is 2.33 bits per heavy atom. The van der Waals surface area contributed by atoms with Gasteiger partial charge in [0.15, 0.2) is 0 Å². The van der Waals surface area contributed by atoms with E-state index >= 15 is 0 Å². The predicted molar refractivity (Wildman–Crippen MR) is 88.9 cm³/mol. The summed E-state index contributed by atoms with van der Waals surface area (Å²) in [4.78, 5) is 0.